The van der Waals surface area contributed by atoms with Crippen molar-refractivity contribution in [1.82, 2.24) is 15.5 Å². The van der Waals surface area contributed by atoms with Crippen molar-refractivity contribution >= 4 is 11.8 Å². The summed E-state index contributed by atoms with van der Waals surface area (Å²) in [5, 5.41) is 6.95. The van der Waals surface area contributed by atoms with Gasteiger partial charge in [-0.2, -0.15) is 16.7 Å². The van der Waals surface area contributed by atoms with Crippen LogP contribution in [0.15, 0.2) is 10.9 Å². The van der Waals surface area contributed by atoms with Crippen LogP contribution in [0.1, 0.15) is 18.7 Å². The Bertz CT molecular complexity index is 203. The van der Waals surface area contributed by atoms with Gasteiger partial charge < -0.3 is 9.84 Å². The van der Waals surface area contributed by atoms with Crippen molar-refractivity contribution in [3.8, 4) is 0 Å². The zero-order chi connectivity index (χ0) is 9.36. The predicted octanol–water partition coefficient (Wildman–Crippen LogP) is 1.30. The fourth-order valence-corrected chi connectivity index (χ4v) is 1.46. The molecule has 1 aromatic rings. The molecule has 0 unspecified atom stereocenters. The van der Waals surface area contributed by atoms with Gasteiger partial charge in [-0.1, -0.05) is 5.16 Å². The van der Waals surface area contributed by atoms with E-state index in [1.54, 1.807) is 0 Å². The molecule has 0 aliphatic carbocycles. The van der Waals surface area contributed by atoms with Crippen LogP contribution in [0.25, 0.3) is 0 Å². The first-order valence-corrected chi connectivity index (χ1v) is 5.78. The molecule has 13 heavy (non-hydrogen) atoms. The van der Waals surface area contributed by atoms with Gasteiger partial charge in [0.05, 0.1) is 6.54 Å². The topological polar surface area (TPSA) is 51.0 Å². The Kier molecular flexibility index (Phi) is 5.60. The third kappa shape index (κ3) is 4.90. The molecule has 0 saturated carbocycles. The molecule has 0 amide bonds. The van der Waals surface area contributed by atoms with E-state index in [2.05, 4.69) is 26.2 Å². The lowest BCUT2D eigenvalue weighted by molar-refractivity contribution is 0.407. The highest BCUT2D eigenvalue weighted by Gasteiger charge is 1.95. The van der Waals surface area contributed by atoms with Crippen LogP contribution in [-0.2, 0) is 6.54 Å². The quantitative estimate of drug-likeness (QED) is 0.674. The molecule has 0 spiro atoms. The molecule has 0 atom stereocenters. The van der Waals surface area contributed by atoms with Crippen LogP contribution in [0, 0.1) is 0 Å². The van der Waals surface area contributed by atoms with Gasteiger partial charge in [0.1, 0.15) is 0 Å². The Balaban J connectivity index is 1.90. The summed E-state index contributed by atoms with van der Waals surface area (Å²) < 4.78 is 4.61. The second kappa shape index (κ2) is 6.91. The molecule has 1 aromatic heterocycles. The standard InChI is InChI=1S/C8H15N3OS/c1-13-5-3-2-4-9-6-8-10-7-12-11-8/h7,9H,2-6H2,1H3. The van der Waals surface area contributed by atoms with Crippen LogP contribution in [-0.4, -0.2) is 28.7 Å². The molecule has 1 N–H and O–H groups in total. The van der Waals surface area contributed by atoms with E-state index < -0.39 is 0 Å². The molecule has 0 bridgehead atoms. The maximum absolute atomic E-state index is 4.61. The molecule has 0 aliphatic rings. The Morgan fingerprint density at radius 2 is 2.46 bits per heavy atom. The molecule has 5 heteroatoms. The first kappa shape index (κ1) is 10.5. The number of nitrogens with zero attached hydrogens (tertiary/aromatic N) is 2. The molecule has 0 aliphatic heterocycles. The van der Waals surface area contributed by atoms with Gasteiger partial charge in [-0.25, -0.2) is 0 Å². The number of hydrogen-bond acceptors (Lipinski definition) is 5. The van der Waals surface area contributed by atoms with Crippen molar-refractivity contribution in [2.24, 2.45) is 0 Å². The van der Waals surface area contributed by atoms with E-state index in [9.17, 15) is 0 Å². The Morgan fingerprint density at radius 3 is 3.15 bits per heavy atom. The fourth-order valence-electron chi connectivity index (χ4n) is 0.967. The van der Waals surface area contributed by atoms with Crippen molar-refractivity contribution in [1.29, 1.82) is 0 Å². The van der Waals surface area contributed by atoms with Crippen LogP contribution in [0.4, 0.5) is 0 Å². The summed E-state index contributed by atoms with van der Waals surface area (Å²) in [6.07, 6.45) is 5.95. The molecular weight excluding hydrogens is 186 g/mol. The monoisotopic (exact) mass is 201 g/mol. The number of aromatic nitrogens is 2. The lowest BCUT2D eigenvalue weighted by Gasteiger charge is -2.00. The SMILES string of the molecule is CSCCCCNCc1ncon1. The lowest BCUT2D eigenvalue weighted by atomic mass is 10.3. The van der Waals surface area contributed by atoms with E-state index in [0.717, 1.165) is 12.4 Å². The highest BCUT2D eigenvalue weighted by atomic mass is 32.2. The van der Waals surface area contributed by atoms with Crippen molar-refractivity contribution < 1.29 is 4.52 Å². The highest BCUT2D eigenvalue weighted by Crippen LogP contribution is 1.98. The average Bonchev–Trinajstić information content (AvgIpc) is 2.63. The van der Waals surface area contributed by atoms with Crippen LogP contribution >= 0.6 is 11.8 Å². The summed E-state index contributed by atoms with van der Waals surface area (Å²) >= 11 is 1.89. The largest absolute Gasteiger partial charge is 0.343 e. The van der Waals surface area contributed by atoms with E-state index >= 15 is 0 Å². The Hall–Kier alpha value is -0.550. The van der Waals surface area contributed by atoms with Crippen LogP contribution < -0.4 is 5.32 Å². The predicted molar refractivity (Wildman–Crippen MR) is 53.6 cm³/mol. The van der Waals surface area contributed by atoms with Crippen LogP contribution in [0.2, 0.25) is 0 Å². The third-order valence-corrected chi connectivity index (χ3v) is 2.34. The van der Waals surface area contributed by atoms with Gasteiger partial charge in [-0.05, 0) is 31.4 Å². The minimum atomic E-state index is 0.704. The van der Waals surface area contributed by atoms with Gasteiger partial charge in [-0.3, -0.25) is 0 Å². The summed E-state index contributed by atoms with van der Waals surface area (Å²) in [5.74, 6) is 1.97. The highest BCUT2D eigenvalue weighted by molar-refractivity contribution is 7.98. The first-order chi connectivity index (χ1) is 6.43. The fraction of sp³-hybridized carbons (Fsp3) is 0.750. The molecule has 74 valence electrons. The average molecular weight is 201 g/mol. The molecular formula is C8H15N3OS. The van der Waals surface area contributed by atoms with Gasteiger partial charge in [0.25, 0.3) is 0 Å². The Morgan fingerprint density at radius 1 is 1.54 bits per heavy atom. The first-order valence-electron chi connectivity index (χ1n) is 4.38. The van der Waals surface area contributed by atoms with Gasteiger partial charge in [0, 0.05) is 0 Å². The summed E-state index contributed by atoms with van der Waals surface area (Å²) in [6, 6.07) is 0. The third-order valence-electron chi connectivity index (χ3n) is 1.64. The molecule has 0 radical (unpaired) electrons. The van der Waals surface area contributed by atoms with E-state index in [4.69, 9.17) is 0 Å². The van der Waals surface area contributed by atoms with Crippen LogP contribution in [0.5, 0.6) is 0 Å². The maximum atomic E-state index is 4.61. The summed E-state index contributed by atoms with van der Waals surface area (Å²) in [7, 11) is 0. The molecule has 0 fully saturated rings. The zero-order valence-electron chi connectivity index (χ0n) is 7.82. The maximum Gasteiger partial charge on any atom is 0.213 e. The molecule has 0 aromatic carbocycles. The normalized spacial score (nSPS) is 10.5. The van der Waals surface area contributed by atoms with Gasteiger partial charge in [-0.15, -0.1) is 0 Å². The number of thioether (sulfide) groups is 1. The van der Waals surface area contributed by atoms with Gasteiger partial charge in [0.15, 0.2) is 5.82 Å². The minimum absolute atomic E-state index is 0.704. The lowest BCUT2D eigenvalue weighted by Crippen LogP contribution is -2.15. The zero-order valence-corrected chi connectivity index (χ0v) is 8.64. The van der Waals surface area contributed by atoms with E-state index in [1.807, 2.05) is 11.8 Å². The Labute approximate surface area is 82.5 Å². The van der Waals surface area contributed by atoms with E-state index in [0.29, 0.717) is 6.54 Å². The van der Waals surface area contributed by atoms with E-state index in [-0.39, 0.29) is 0 Å². The minimum Gasteiger partial charge on any atom is -0.343 e. The summed E-state index contributed by atoms with van der Waals surface area (Å²) in [5.41, 5.74) is 0. The van der Waals surface area contributed by atoms with Gasteiger partial charge >= 0.3 is 0 Å². The van der Waals surface area contributed by atoms with Crippen LogP contribution in [0.3, 0.4) is 0 Å². The van der Waals surface area contributed by atoms with Crippen molar-refractivity contribution in [2.75, 3.05) is 18.6 Å². The summed E-state index contributed by atoms with van der Waals surface area (Å²) in [4.78, 5) is 3.91. The van der Waals surface area contributed by atoms with Crippen molar-refractivity contribution in [3.63, 3.8) is 0 Å². The number of rotatable bonds is 7. The van der Waals surface area contributed by atoms with E-state index in [1.165, 1.54) is 25.0 Å². The molecule has 1 rings (SSSR count). The summed E-state index contributed by atoms with van der Waals surface area (Å²) in [6.45, 7) is 1.73. The second-order valence-electron chi connectivity index (χ2n) is 2.72. The number of unbranched alkanes of at least 4 members (excludes halogenated alkanes) is 1. The number of hydrogen-bond donors (Lipinski definition) is 1. The smallest absolute Gasteiger partial charge is 0.213 e. The van der Waals surface area contributed by atoms with Crippen molar-refractivity contribution in [3.05, 3.63) is 12.2 Å². The molecule has 0 saturated heterocycles. The number of nitrogens with one attached hydrogen (secondary N) is 1. The van der Waals surface area contributed by atoms with Gasteiger partial charge in [0.2, 0.25) is 6.39 Å². The molecule has 1 heterocycles. The van der Waals surface area contributed by atoms with Crippen molar-refractivity contribution in [2.45, 2.75) is 19.4 Å². The second-order valence-corrected chi connectivity index (χ2v) is 3.71. The molecule has 4 nitrogen and oxygen atoms in total.